The molecule has 1 saturated heterocycles. The topological polar surface area (TPSA) is 70.6 Å². The van der Waals surface area contributed by atoms with Gasteiger partial charge in [-0.1, -0.05) is 0 Å². The molecule has 0 aliphatic carbocycles. The molecular weight excluding hydrogens is 252 g/mol. The molecule has 0 radical (unpaired) electrons. The van der Waals surface area contributed by atoms with Crippen LogP contribution in [0.5, 0.6) is 0 Å². The summed E-state index contributed by atoms with van der Waals surface area (Å²) in [6.45, 7) is 2.10. The minimum Gasteiger partial charge on any atom is -0.355 e. The SMILES string of the molecule is c1cnc(N2CCCC2)c(-c2cnc3[nH]ncc3c2)n1. The average molecular weight is 266 g/mol. The highest BCUT2D eigenvalue weighted by atomic mass is 15.2. The molecule has 3 aromatic rings. The summed E-state index contributed by atoms with van der Waals surface area (Å²) in [7, 11) is 0. The van der Waals surface area contributed by atoms with Gasteiger partial charge in [0, 0.05) is 42.6 Å². The van der Waals surface area contributed by atoms with Crippen molar-refractivity contribution in [2.75, 3.05) is 18.0 Å². The van der Waals surface area contributed by atoms with E-state index in [1.807, 2.05) is 6.20 Å². The Morgan fingerprint density at radius 2 is 1.85 bits per heavy atom. The lowest BCUT2D eigenvalue weighted by Crippen LogP contribution is -2.20. The van der Waals surface area contributed by atoms with Crippen molar-refractivity contribution in [2.24, 2.45) is 0 Å². The van der Waals surface area contributed by atoms with Crippen molar-refractivity contribution >= 4 is 16.9 Å². The van der Waals surface area contributed by atoms with Crippen LogP contribution in [0.3, 0.4) is 0 Å². The second-order valence-corrected chi connectivity index (χ2v) is 4.95. The van der Waals surface area contributed by atoms with Crippen molar-refractivity contribution in [1.29, 1.82) is 0 Å². The van der Waals surface area contributed by atoms with E-state index >= 15 is 0 Å². The van der Waals surface area contributed by atoms with E-state index in [9.17, 15) is 0 Å². The molecule has 0 spiro atoms. The maximum atomic E-state index is 4.52. The van der Waals surface area contributed by atoms with Gasteiger partial charge in [-0.15, -0.1) is 0 Å². The minimum absolute atomic E-state index is 0.792. The van der Waals surface area contributed by atoms with Crippen molar-refractivity contribution in [3.63, 3.8) is 0 Å². The molecular formula is C14H14N6. The zero-order valence-electron chi connectivity index (χ0n) is 11.0. The van der Waals surface area contributed by atoms with Gasteiger partial charge in [0.15, 0.2) is 11.5 Å². The van der Waals surface area contributed by atoms with E-state index in [0.717, 1.165) is 41.2 Å². The van der Waals surface area contributed by atoms with Crippen LogP contribution in [-0.2, 0) is 0 Å². The van der Waals surface area contributed by atoms with Gasteiger partial charge in [-0.3, -0.25) is 10.1 Å². The Morgan fingerprint density at radius 1 is 1.00 bits per heavy atom. The van der Waals surface area contributed by atoms with E-state index in [0.29, 0.717) is 0 Å². The summed E-state index contributed by atoms with van der Waals surface area (Å²) >= 11 is 0. The normalized spacial score (nSPS) is 15.1. The lowest BCUT2D eigenvalue weighted by molar-refractivity contribution is 0.929. The summed E-state index contributed by atoms with van der Waals surface area (Å²) in [4.78, 5) is 15.7. The van der Waals surface area contributed by atoms with E-state index in [4.69, 9.17) is 0 Å². The number of rotatable bonds is 2. The predicted octanol–water partition coefficient (Wildman–Crippen LogP) is 2.02. The monoisotopic (exact) mass is 266 g/mol. The number of hydrogen-bond acceptors (Lipinski definition) is 5. The fourth-order valence-electron chi connectivity index (χ4n) is 2.66. The molecule has 6 nitrogen and oxygen atoms in total. The fraction of sp³-hybridized carbons (Fsp3) is 0.286. The third-order valence-electron chi connectivity index (χ3n) is 3.65. The molecule has 0 aromatic carbocycles. The van der Waals surface area contributed by atoms with Gasteiger partial charge in [-0.2, -0.15) is 5.10 Å². The number of anilines is 1. The van der Waals surface area contributed by atoms with E-state index in [1.54, 1.807) is 18.6 Å². The van der Waals surface area contributed by atoms with Crippen molar-refractivity contribution in [1.82, 2.24) is 25.1 Å². The summed E-state index contributed by atoms with van der Waals surface area (Å²) < 4.78 is 0. The number of aromatic nitrogens is 5. The van der Waals surface area contributed by atoms with Gasteiger partial charge in [-0.25, -0.2) is 9.97 Å². The Labute approximate surface area is 115 Å². The smallest absolute Gasteiger partial charge is 0.155 e. The molecule has 0 amide bonds. The lowest BCUT2D eigenvalue weighted by atomic mass is 10.1. The maximum Gasteiger partial charge on any atom is 0.155 e. The largest absolute Gasteiger partial charge is 0.355 e. The van der Waals surface area contributed by atoms with E-state index < -0.39 is 0 Å². The Kier molecular flexibility index (Phi) is 2.58. The Balaban J connectivity index is 1.84. The first-order valence-electron chi connectivity index (χ1n) is 6.77. The van der Waals surface area contributed by atoms with Crippen LogP contribution in [0.1, 0.15) is 12.8 Å². The van der Waals surface area contributed by atoms with E-state index in [-0.39, 0.29) is 0 Å². The van der Waals surface area contributed by atoms with Crippen LogP contribution in [0.4, 0.5) is 5.82 Å². The highest BCUT2D eigenvalue weighted by Gasteiger charge is 2.19. The van der Waals surface area contributed by atoms with Gasteiger partial charge in [0.25, 0.3) is 0 Å². The van der Waals surface area contributed by atoms with Gasteiger partial charge in [0.2, 0.25) is 0 Å². The van der Waals surface area contributed by atoms with E-state index in [1.165, 1.54) is 12.8 Å². The number of nitrogens with zero attached hydrogens (tertiary/aromatic N) is 5. The summed E-state index contributed by atoms with van der Waals surface area (Å²) in [5, 5.41) is 7.85. The molecule has 3 aromatic heterocycles. The Morgan fingerprint density at radius 3 is 2.75 bits per heavy atom. The quantitative estimate of drug-likeness (QED) is 0.768. The molecule has 1 fully saturated rings. The van der Waals surface area contributed by atoms with Crippen LogP contribution >= 0.6 is 0 Å². The lowest BCUT2D eigenvalue weighted by Gasteiger charge is -2.18. The number of pyridine rings is 1. The maximum absolute atomic E-state index is 4.52. The molecule has 6 heteroatoms. The Bertz CT molecular complexity index is 744. The standard InChI is InChI=1S/C14H14N6/c1-2-6-20(5-1)14-12(15-3-4-16-14)10-7-11-9-18-19-13(11)17-8-10/h3-4,7-9H,1-2,5-6H2,(H,17,18,19). The number of H-pyrrole nitrogens is 1. The van der Waals surface area contributed by atoms with Crippen molar-refractivity contribution < 1.29 is 0 Å². The summed E-state index contributed by atoms with van der Waals surface area (Å²) in [6.07, 6.45) is 9.52. The molecule has 100 valence electrons. The van der Waals surface area contributed by atoms with E-state index in [2.05, 4.69) is 36.1 Å². The van der Waals surface area contributed by atoms with Crippen LogP contribution in [0, 0.1) is 0 Å². The van der Waals surface area contributed by atoms with Gasteiger partial charge in [0.05, 0.1) is 6.20 Å². The number of nitrogens with one attached hydrogen (secondary N) is 1. The fourth-order valence-corrected chi connectivity index (χ4v) is 2.66. The van der Waals surface area contributed by atoms with Gasteiger partial charge in [0.1, 0.15) is 5.69 Å². The number of fused-ring (bicyclic) bond motifs is 1. The first-order chi connectivity index (χ1) is 9.92. The molecule has 0 unspecified atom stereocenters. The number of aromatic amines is 1. The summed E-state index contributed by atoms with van der Waals surface area (Å²) in [5.74, 6) is 0.953. The number of hydrogen-bond donors (Lipinski definition) is 1. The summed E-state index contributed by atoms with van der Waals surface area (Å²) in [5.41, 5.74) is 2.67. The van der Waals surface area contributed by atoms with Gasteiger partial charge in [-0.05, 0) is 18.9 Å². The molecule has 1 N–H and O–H groups in total. The van der Waals surface area contributed by atoms with Crippen LogP contribution in [0.25, 0.3) is 22.3 Å². The van der Waals surface area contributed by atoms with Crippen molar-refractivity contribution in [2.45, 2.75) is 12.8 Å². The van der Waals surface area contributed by atoms with Crippen LogP contribution in [0.2, 0.25) is 0 Å². The van der Waals surface area contributed by atoms with Crippen LogP contribution in [-0.4, -0.2) is 38.2 Å². The second kappa shape index (κ2) is 4.56. The molecule has 4 heterocycles. The summed E-state index contributed by atoms with van der Waals surface area (Å²) in [6, 6.07) is 2.05. The Hall–Kier alpha value is -2.50. The molecule has 0 bridgehead atoms. The predicted molar refractivity (Wildman–Crippen MR) is 76.4 cm³/mol. The van der Waals surface area contributed by atoms with Gasteiger partial charge >= 0.3 is 0 Å². The molecule has 4 rings (SSSR count). The second-order valence-electron chi connectivity index (χ2n) is 4.95. The molecule has 1 aliphatic rings. The zero-order valence-corrected chi connectivity index (χ0v) is 11.0. The van der Waals surface area contributed by atoms with Crippen LogP contribution < -0.4 is 4.90 Å². The minimum atomic E-state index is 0.792. The molecule has 1 aliphatic heterocycles. The first kappa shape index (κ1) is 11.3. The zero-order chi connectivity index (χ0) is 13.4. The first-order valence-corrected chi connectivity index (χ1v) is 6.77. The van der Waals surface area contributed by atoms with Crippen molar-refractivity contribution in [3.8, 4) is 11.3 Å². The molecule has 0 saturated carbocycles. The highest BCUT2D eigenvalue weighted by molar-refractivity contribution is 5.82. The third-order valence-corrected chi connectivity index (χ3v) is 3.65. The third kappa shape index (κ3) is 1.80. The van der Waals surface area contributed by atoms with Crippen molar-refractivity contribution in [3.05, 3.63) is 30.9 Å². The molecule has 0 atom stereocenters. The van der Waals surface area contributed by atoms with Gasteiger partial charge < -0.3 is 4.90 Å². The average Bonchev–Trinajstić information content (AvgIpc) is 3.18. The van der Waals surface area contributed by atoms with Crippen LogP contribution in [0.15, 0.2) is 30.9 Å². The molecule has 20 heavy (non-hydrogen) atoms. The highest BCUT2D eigenvalue weighted by Crippen LogP contribution is 2.29.